The van der Waals surface area contributed by atoms with Gasteiger partial charge in [-0.1, -0.05) is 6.92 Å². The number of hydrogen-bond donors (Lipinski definition) is 1. The third-order valence-electron chi connectivity index (χ3n) is 3.35. The molecule has 19 heavy (non-hydrogen) atoms. The van der Waals surface area contributed by atoms with E-state index in [1.54, 1.807) is 6.92 Å². The highest BCUT2D eigenvalue weighted by atomic mass is 19.4. The molecular weight excluding hydrogens is 255 g/mol. The zero-order chi connectivity index (χ0) is 14.4. The zero-order valence-corrected chi connectivity index (χ0v) is 11.0. The lowest BCUT2D eigenvalue weighted by Crippen LogP contribution is -2.09. The normalized spacial score (nSPS) is 14.0. The van der Waals surface area contributed by atoms with E-state index in [1.165, 1.54) is 0 Å². The molecule has 1 unspecified atom stereocenters. The largest absolute Gasteiger partial charge is 0.416 e. The number of aromatic nitrogens is 2. The van der Waals surface area contributed by atoms with Gasteiger partial charge in [-0.05, 0) is 32.4 Å². The number of fused-ring (bicyclic) bond motifs is 1. The standard InChI is InChI=1S/C13H16F3N3/c1-4-7(2)19-8(3)18-11-6-9(13(14,15)16)5-10(17)12(11)19/h5-7H,4,17H2,1-3H3. The predicted molar refractivity (Wildman–Crippen MR) is 68.9 cm³/mol. The van der Waals surface area contributed by atoms with Gasteiger partial charge in [-0.15, -0.1) is 0 Å². The Morgan fingerprint density at radius 2 is 2.00 bits per heavy atom. The molecule has 3 nitrogen and oxygen atoms in total. The van der Waals surface area contributed by atoms with E-state index in [2.05, 4.69) is 4.98 Å². The van der Waals surface area contributed by atoms with Gasteiger partial charge in [-0.2, -0.15) is 13.2 Å². The summed E-state index contributed by atoms with van der Waals surface area (Å²) in [5.41, 5.74) is 6.04. The van der Waals surface area contributed by atoms with Gasteiger partial charge < -0.3 is 10.3 Å². The molecule has 6 heteroatoms. The summed E-state index contributed by atoms with van der Waals surface area (Å²) in [6.45, 7) is 5.78. The summed E-state index contributed by atoms with van der Waals surface area (Å²) in [6.07, 6.45) is -3.55. The molecule has 0 fully saturated rings. The summed E-state index contributed by atoms with van der Waals surface area (Å²) < 4.78 is 40.1. The second-order valence-corrected chi connectivity index (χ2v) is 4.72. The molecule has 1 aromatic carbocycles. The molecule has 104 valence electrons. The van der Waals surface area contributed by atoms with Gasteiger partial charge in [0.15, 0.2) is 0 Å². The molecular formula is C13H16F3N3. The van der Waals surface area contributed by atoms with Crippen molar-refractivity contribution in [3.8, 4) is 0 Å². The van der Waals surface area contributed by atoms with Crippen LogP contribution in [0.1, 0.15) is 37.7 Å². The van der Waals surface area contributed by atoms with E-state index in [0.717, 1.165) is 18.6 Å². The first kappa shape index (κ1) is 13.7. The lowest BCUT2D eigenvalue weighted by Gasteiger charge is -2.16. The Labute approximate surface area is 109 Å². The summed E-state index contributed by atoms with van der Waals surface area (Å²) in [4.78, 5) is 4.20. The van der Waals surface area contributed by atoms with E-state index < -0.39 is 11.7 Å². The van der Waals surface area contributed by atoms with Crippen LogP contribution in [0.3, 0.4) is 0 Å². The quantitative estimate of drug-likeness (QED) is 0.841. The Morgan fingerprint density at radius 1 is 1.37 bits per heavy atom. The van der Waals surface area contributed by atoms with Gasteiger partial charge in [-0.25, -0.2) is 4.98 Å². The summed E-state index contributed by atoms with van der Waals surface area (Å²) in [5.74, 6) is 0.676. The second-order valence-electron chi connectivity index (χ2n) is 4.72. The van der Waals surface area contributed by atoms with Gasteiger partial charge in [0, 0.05) is 6.04 Å². The van der Waals surface area contributed by atoms with Crippen molar-refractivity contribution >= 4 is 16.7 Å². The zero-order valence-electron chi connectivity index (χ0n) is 11.0. The SMILES string of the molecule is CCC(C)n1c(C)nc2cc(C(F)(F)F)cc(N)c21. The van der Waals surface area contributed by atoms with Crippen molar-refractivity contribution in [3.05, 3.63) is 23.5 Å². The number of nitrogens with two attached hydrogens (primary N) is 1. The Morgan fingerprint density at radius 3 is 2.53 bits per heavy atom. The fraction of sp³-hybridized carbons (Fsp3) is 0.462. The first-order valence-electron chi connectivity index (χ1n) is 6.11. The number of halogens is 3. The highest BCUT2D eigenvalue weighted by molar-refractivity contribution is 5.89. The fourth-order valence-corrected chi connectivity index (χ4v) is 2.26. The molecule has 0 spiro atoms. The number of benzene rings is 1. The van der Waals surface area contributed by atoms with Crippen molar-refractivity contribution in [2.24, 2.45) is 0 Å². The molecule has 1 atom stereocenters. The van der Waals surface area contributed by atoms with Gasteiger partial charge >= 0.3 is 6.18 Å². The van der Waals surface area contributed by atoms with Gasteiger partial charge in [-0.3, -0.25) is 0 Å². The average molecular weight is 271 g/mol. The van der Waals surface area contributed by atoms with E-state index in [0.29, 0.717) is 16.9 Å². The Kier molecular flexibility index (Phi) is 3.20. The number of imidazole rings is 1. The minimum absolute atomic E-state index is 0.116. The molecule has 1 aromatic heterocycles. The molecule has 0 aliphatic rings. The maximum absolute atomic E-state index is 12.7. The van der Waals surface area contributed by atoms with Crippen LogP contribution in [0.2, 0.25) is 0 Å². The first-order valence-corrected chi connectivity index (χ1v) is 6.11. The Bertz CT molecular complexity index is 614. The fourth-order valence-electron chi connectivity index (χ4n) is 2.26. The van der Waals surface area contributed by atoms with Crippen molar-refractivity contribution in [1.82, 2.24) is 9.55 Å². The van der Waals surface area contributed by atoms with E-state index in [4.69, 9.17) is 5.73 Å². The number of aryl methyl sites for hydroxylation is 1. The topological polar surface area (TPSA) is 43.8 Å². The van der Waals surface area contributed by atoms with Crippen molar-refractivity contribution in [2.45, 2.75) is 39.4 Å². The first-order chi connectivity index (χ1) is 8.75. The van der Waals surface area contributed by atoms with Crippen LogP contribution in [0.25, 0.3) is 11.0 Å². The second kappa shape index (κ2) is 4.43. The highest BCUT2D eigenvalue weighted by Crippen LogP contribution is 2.35. The minimum Gasteiger partial charge on any atom is -0.397 e. The van der Waals surface area contributed by atoms with Gasteiger partial charge in [0.2, 0.25) is 0 Å². The number of nitrogens with zero attached hydrogens (tertiary/aromatic N) is 2. The molecule has 1 heterocycles. The molecule has 0 saturated carbocycles. The molecule has 0 aliphatic heterocycles. The van der Waals surface area contributed by atoms with Crippen LogP contribution in [0.5, 0.6) is 0 Å². The van der Waals surface area contributed by atoms with Crippen molar-refractivity contribution in [1.29, 1.82) is 0 Å². The summed E-state index contributed by atoms with van der Waals surface area (Å²) in [6, 6.07) is 2.17. The van der Waals surface area contributed by atoms with Crippen LogP contribution in [0, 0.1) is 6.92 Å². The van der Waals surface area contributed by atoms with Gasteiger partial charge in [0.05, 0.1) is 22.3 Å². The third kappa shape index (κ3) is 2.27. The molecule has 0 radical (unpaired) electrons. The van der Waals surface area contributed by atoms with Crippen molar-refractivity contribution in [3.63, 3.8) is 0 Å². The molecule has 0 amide bonds. The lowest BCUT2D eigenvalue weighted by atomic mass is 10.1. The van der Waals surface area contributed by atoms with Crippen LogP contribution in [-0.2, 0) is 6.18 Å². The number of anilines is 1. The molecule has 2 N–H and O–H groups in total. The minimum atomic E-state index is -4.41. The maximum Gasteiger partial charge on any atom is 0.416 e. The molecule has 0 aliphatic carbocycles. The van der Waals surface area contributed by atoms with Crippen LogP contribution >= 0.6 is 0 Å². The van der Waals surface area contributed by atoms with Crippen LogP contribution in [0.4, 0.5) is 18.9 Å². The molecule has 2 rings (SSSR count). The summed E-state index contributed by atoms with van der Waals surface area (Å²) in [7, 11) is 0. The van der Waals surface area contributed by atoms with Crippen molar-refractivity contribution < 1.29 is 13.2 Å². The average Bonchev–Trinajstić information content (AvgIpc) is 2.63. The summed E-state index contributed by atoms with van der Waals surface area (Å²) in [5, 5.41) is 0. The van der Waals surface area contributed by atoms with Crippen LogP contribution in [-0.4, -0.2) is 9.55 Å². The maximum atomic E-state index is 12.7. The molecule has 0 bridgehead atoms. The number of rotatable bonds is 2. The highest BCUT2D eigenvalue weighted by Gasteiger charge is 2.32. The Hall–Kier alpha value is -1.72. The van der Waals surface area contributed by atoms with Crippen molar-refractivity contribution in [2.75, 3.05) is 5.73 Å². The number of alkyl halides is 3. The number of nitrogen functional groups attached to an aromatic ring is 1. The van der Waals surface area contributed by atoms with E-state index in [1.807, 2.05) is 18.4 Å². The third-order valence-corrected chi connectivity index (χ3v) is 3.35. The van der Waals surface area contributed by atoms with Gasteiger partial charge in [0.25, 0.3) is 0 Å². The predicted octanol–water partition coefficient (Wildman–Crippen LogP) is 3.92. The summed E-state index contributed by atoms with van der Waals surface area (Å²) >= 11 is 0. The lowest BCUT2D eigenvalue weighted by molar-refractivity contribution is -0.137. The number of hydrogen-bond acceptors (Lipinski definition) is 2. The van der Waals surface area contributed by atoms with Gasteiger partial charge in [0.1, 0.15) is 5.82 Å². The molecule has 0 saturated heterocycles. The Balaban J connectivity index is 2.74. The monoisotopic (exact) mass is 271 g/mol. The molecule has 2 aromatic rings. The van der Waals surface area contributed by atoms with E-state index in [-0.39, 0.29) is 11.7 Å². The van der Waals surface area contributed by atoms with E-state index in [9.17, 15) is 13.2 Å². The van der Waals surface area contributed by atoms with Crippen LogP contribution in [0.15, 0.2) is 12.1 Å². The van der Waals surface area contributed by atoms with Crippen LogP contribution < -0.4 is 5.73 Å². The van der Waals surface area contributed by atoms with E-state index >= 15 is 0 Å². The smallest absolute Gasteiger partial charge is 0.397 e.